The summed E-state index contributed by atoms with van der Waals surface area (Å²) in [7, 11) is -3.32. The standard InChI is InChI=1S/C9H13NO6S.H3N/c1-15-9-4-6(7(11)5-10)2-3-8(9)16-17(12,13)14;/h2-4,7,11H,5,10H2,1H3,(H,12,13,14);1H3. The van der Waals surface area contributed by atoms with Crippen molar-refractivity contribution in [2.75, 3.05) is 13.7 Å². The van der Waals surface area contributed by atoms with Gasteiger partial charge in [-0.05, 0) is 17.7 Å². The van der Waals surface area contributed by atoms with E-state index in [1.54, 1.807) is 0 Å². The summed E-state index contributed by atoms with van der Waals surface area (Å²) in [5.41, 5.74) is 5.73. The van der Waals surface area contributed by atoms with Crippen molar-refractivity contribution in [1.82, 2.24) is 6.15 Å². The van der Waals surface area contributed by atoms with Crippen molar-refractivity contribution in [2.24, 2.45) is 5.73 Å². The monoisotopic (exact) mass is 280 g/mol. The largest absolute Gasteiger partial charge is 0.493 e. The normalized spacial score (nSPS) is 12.4. The van der Waals surface area contributed by atoms with Crippen molar-refractivity contribution in [2.45, 2.75) is 6.10 Å². The Kier molecular flexibility index (Phi) is 6.01. The van der Waals surface area contributed by atoms with Gasteiger partial charge in [-0.25, -0.2) is 0 Å². The van der Waals surface area contributed by atoms with Gasteiger partial charge in [-0.15, -0.1) is 0 Å². The molecular formula is C9H16N2O6S. The van der Waals surface area contributed by atoms with Crippen LogP contribution in [0, 0.1) is 0 Å². The Bertz CT molecular complexity index is 490. The lowest BCUT2D eigenvalue weighted by Crippen LogP contribution is -2.12. The van der Waals surface area contributed by atoms with Crippen LogP contribution in [0.15, 0.2) is 18.2 Å². The summed E-state index contributed by atoms with van der Waals surface area (Å²) in [6.45, 7) is 0.0155. The van der Waals surface area contributed by atoms with Gasteiger partial charge in [-0.1, -0.05) is 6.07 Å². The Balaban J connectivity index is 0.00000289. The Hall–Kier alpha value is -1.39. The summed E-state index contributed by atoms with van der Waals surface area (Å²) >= 11 is 0. The first-order valence-electron chi connectivity index (χ1n) is 4.60. The first-order valence-corrected chi connectivity index (χ1v) is 5.97. The lowest BCUT2D eigenvalue weighted by molar-refractivity contribution is 0.186. The molecule has 0 aliphatic rings. The summed E-state index contributed by atoms with van der Waals surface area (Å²) in [5, 5.41) is 9.48. The molecule has 0 saturated heterocycles. The lowest BCUT2D eigenvalue weighted by atomic mass is 10.1. The zero-order valence-corrected chi connectivity index (χ0v) is 10.6. The van der Waals surface area contributed by atoms with Gasteiger partial charge >= 0.3 is 10.4 Å². The fraction of sp³-hybridized carbons (Fsp3) is 0.333. The van der Waals surface area contributed by atoms with Crippen molar-refractivity contribution in [1.29, 1.82) is 0 Å². The predicted molar refractivity (Wildman–Crippen MR) is 64.2 cm³/mol. The molecule has 104 valence electrons. The molecule has 0 aromatic heterocycles. The Morgan fingerprint density at radius 3 is 2.44 bits per heavy atom. The molecule has 1 unspecified atom stereocenters. The molecule has 1 atom stereocenters. The summed E-state index contributed by atoms with van der Waals surface area (Å²) in [4.78, 5) is 0. The number of hydrogen-bond donors (Lipinski definition) is 4. The molecule has 0 heterocycles. The molecule has 0 saturated carbocycles. The molecule has 0 fully saturated rings. The van der Waals surface area contributed by atoms with E-state index in [4.69, 9.17) is 15.0 Å². The molecule has 9 heteroatoms. The van der Waals surface area contributed by atoms with Gasteiger partial charge in [-0.3, -0.25) is 4.55 Å². The summed E-state index contributed by atoms with van der Waals surface area (Å²) in [6, 6.07) is 4.04. The third-order valence-corrected chi connectivity index (χ3v) is 2.38. The minimum absolute atomic E-state index is 0. The first-order chi connectivity index (χ1) is 7.87. The molecule has 0 bridgehead atoms. The van der Waals surface area contributed by atoms with Gasteiger partial charge in [0.25, 0.3) is 0 Å². The molecule has 18 heavy (non-hydrogen) atoms. The second kappa shape index (κ2) is 6.52. The van der Waals surface area contributed by atoms with Crippen LogP contribution in [-0.2, 0) is 10.4 Å². The number of aliphatic hydroxyl groups excluding tert-OH is 1. The van der Waals surface area contributed by atoms with Gasteiger partial charge in [0.2, 0.25) is 0 Å². The zero-order valence-electron chi connectivity index (χ0n) is 9.74. The molecule has 0 radical (unpaired) electrons. The van der Waals surface area contributed by atoms with E-state index < -0.39 is 16.5 Å². The number of methoxy groups -OCH3 is 1. The fourth-order valence-electron chi connectivity index (χ4n) is 1.21. The van der Waals surface area contributed by atoms with Crippen molar-refractivity contribution >= 4 is 10.4 Å². The Labute approximate surface area is 105 Å². The molecule has 0 amide bonds. The van der Waals surface area contributed by atoms with Crippen LogP contribution in [0.2, 0.25) is 0 Å². The van der Waals surface area contributed by atoms with E-state index in [2.05, 4.69) is 4.18 Å². The number of nitrogens with two attached hydrogens (primary N) is 1. The maximum Gasteiger partial charge on any atom is 0.446 e. The van der Waals surface area contributed by atoms with Crippen molar-refractivity contribution in [3.8, 4) is 11.5 Å². The van der Waals surface area contributed by atoms with Crippen LogP contribution in [0.1, 0.15) is 11.7 Å². The molecular weight excluding hydrogens is 264 g/mol. The quantitative estimate of drug-likeness (QED) is 0.551. The van der Waals surface area contributed by atoms with Crippen LogP contribution >= 0.6 is 0 Å². The van der Waals surface area contributed by atoms with E-state index in [-0.39, 0.29) is 24.2 Å². The third-order valence-electron chi connectivity index (χ3n) is 1.99. The number of ether oxygens (including phenoxy) is 1. The average molecular weight is 280 g/mol. The van der Waals surface area contributed by atoms with Gasteiger partial charge in [0.15, 0.2) is 11.5 Å². The highest BCUT2D eigenvalue weighted by atomic mass is 32.3. The van der Waals surface area contributed by atoms with Gasteiger partial charge in [-0.2, -0.15) is 8.42 Å². The number of benzene rings is 1. The molecule has 0 spiro atoms. The van der Waals surface area contributed by atoms with E-state index in [0.717, 1.165) is 0 Å². The van der Waals surface area contributed by atoms with Crippen LogP contribution in [0.4, 0.5) is 0 Å². The van der Waals surface area contributed by atoms with Crippen LogP contribution in [0.5, 0.6) is 11.5 Å². The van der Waals surface area contributed by atoms with E-state index in [0.29, 0.717) is 5.56 Å². The van der Waals surface area contributed by atoms with Crippen molar-refractivity contribution in [3.05, 3.63) is 23.8 Å². The molecule has 0 aliphatic carbocycles. The summed E-state index contributed by atoms with van der Waals surface area (Å²) in [5.74, 6) is -0.115. The molecule has 1 rings (SSSR count). The van der Waals surface area contributed by atoms with Crippen molar-refractivity contribution < 1.29 is 27.0 Å². The van der Waals surface area contributed by atoms with E-state index in [1.165, 1.54) is 25.3 Å². The Morgan fingerprint density at radius 2 is 2.00 bits per heavy atom. The summed E-state index contributed by atoms with van der Waals surface area (Å²) < 4.78 is 38.8. The first kappa shape index (κ1) is 16.6. The average Bonchev–Trinajstić information content (AvgIpc) is 2.26. The van der Waals surface area contributed by atoms with E-state index in [9.17, 15) is 13.5 Å². The third kappa shape index (κ3) is 4.47. The van der Waals surface area contributed by atoms with Gasteiger partial charge < -0.3 is 25.9 Å². The molecule has 0 aliphatic heterocycles. The SMILES string of the molecule is COc1cc(C(O)CN)ccc1OS(=O)(=O)O.N. The molecule has 1 aromatic carbocycles. The smallest absolute Gasteiger partial charge is 0.446 e. The van der Waals surface area contributed by atoms with Gasteiger partial charge in [0.1, 0.15) is 0 Å². The molecule has 1 aromatic rings. The van der Waals surface area contributed by atoms with Crippen LogP contribution in [-0.4, -0.2) is 31.7 Å². The van der Waals surface area contributed by atoms with Crippen molar-refractivity contribution in [3.63, 3.8) is 0 Å². The van der Waals surface area contributed by atoms with E-state index >= 15 is 0 Å². The summed E-state index contributed by atoms with van der Waals surface area (Å²) in [6.07, 6.45) is -0.885. The lowest BCUT2D eigenvalue weighted by Gasteiger charge is -2.12. The van der Waals surface area contributed by atoms with Crippen LogP contribution in [0.3, 0.4) is 0 Å². The minimum Gasteiger partial charge on any atom is -0.493 e. The second-order valence-corrected chi connectivity index (χ2v) is 4.19. The maximum absolute atomic E-state index is 10.6. The Morgan fingerprint density at radius 1 is 1.39 bits per heavy atom. The topological polar surface area (TPSA) is 154 Å². The molecule has 7 N–H and O–H groups in total. The highest BCUT2D eigenvalue weighted by molar-refractivity contribution is 7.81. The number of rotatable bonds is 5. The predicted octanol–water partition coefficient (Wildman–Crippen LogP) is 0.0309. The zero-order chi connectivity index (χ0) is 13.1. The highest BCUT2D eigenvalue weighted by Crippen LogP contribution is 2.30. The van der Waals surface area contributed by atoms with Crippen LogP contribution < -0.4 is 20.8 Å². The van der Waals surface area contributed by atoms with E-state index in [1.807, 2.05) is 0 Å². The highest BCUT2D eigenvalue weighted by Gasteiger charge is 2.15. The van der Waals surface area contributed by atoms with Gasteiger partial charge in [0.05, 0.1) is 13.2 Å². The minimum atomic E-state index is -4.62. The second-order valence-electron chi connectivity index (χ2n) is 3.17. The molecule has 8 nitrogen and oxygen atoms in total. The number of aliphatic hydroxyl groups is 1. The number of hydrogen-bond acceptors (Lipinski definition) is 7. The maximum atomic E-state index is 10.6. The fourth-order valence-corrected chi connectivity index (χ4v) is 1.57. The van der Waals surface area contributed by atoms with Crippen LogP contribution in [0.25, 0.3) is 0 Å². The van der Waals surface area contributed by atoms with Gasteiger partial charge in [0, 0.05) is 6.54 Å².